The Morgan fingerprint density at radius 3 is 1.51 bits per heavy atom. The van der Waals surface area contributed by atoms with Crippen molar-refractivity contribution >= 4 is 15.9 Å². The third kappa shape index (κ3) is 5.98. The molecule has 0 fully saturated rings. The zero-order chi connectivity index (χ0) is 34.1. The molecule has 0 spiro atoms. The minimum absolute atomic E-state index is 0.409. The lowest BCUT2D eigenvalue weighted by atomic mass is 9.67. The molecule has 0 radical (unpaired) electrons. The monoisotopic (exact) mass is 696 g/mol. The summed E-state index contributed by atoms with van der Waals surface area (Å²) >= 11 is 3.98. The molecule has 1 aliphatic carbocycles. The van der Waals surface area contributed by atoms with Gasteiger partial charge in [-0.05, 0) is 114 Å². The van der Waals surface area contributed by atoms with Crippen molar-refractivity contribution in [2.45, 2.75) is 40.0 Å². The van der Waals surface area contributed by atoms with Gasteiger partial charge in [-0.3, -0.25) is 0 Å². The van der Waals surface area contributed by atoms with Gasteiger partial charge in [0.2, 0.25) is 0 Å². The van der Waals surface area contributed by atoms with E-state index in [2.05, 4.69) is 190 Å². The third-order valence-corrected chi connectivity index (χ3v) is 10.7. The molecule has 0 atom stereocenters. The fourth-order valence-corrected chi connectivity index (χ4v) is 7.99. The summed E-state index contributed by atoms with van der Waals surface area (Å²) in [5, 5.41) is 0. The van der Waals surface area contributed by atoms with Gasteiger partial charge in [0, 0.05) is 10.0 Å². The quantitative estimate of drug-likeness (QED) is 0.172. The van der Waals surface area contributed by atoms with Crippen LogP contribution in [0.1, 0.15) is 50.1 Å². The molecule has 0 nitrogen and oxygen atoms in total. The zero-order valence-electron chi connectivity index (χ0n) is 28.9. The lowest BCUT2D eigenvalue weighted by molar-refractivity contribution is 0.767. The molecule has 49 heavy (non-hydrogen) atoms. The van der Waals surface area contributed by atoms with E-state index in [0.29, 0.717) is 0 Å². The molecule has 0 heterocycles. The number of halogens is 1. The first-order valence-corrected chi connectivity index (χ1v) is 17.8. The van der Waals surface area contributed by atoms with E-state index in [0.717, 1.165) is 4.47 Å². The molecule has 0 N–H and O–H groups in total. The summed E-state index contributed by atoms with van der Waals surface area (Å²) in [7, 11) is 0. The zero-order valence-corrected chi connectivity index (χ0v) is 30.5. The van der Waals surface area contributed by atoms with Crippen molar-refractivity contribution in [2.75, 3.05) is 0 Å². The summed E-state index contributed by atoms with van der Waals surface area (Å²) in [4.78, 5) is 0. The summed E-state index contributed by atoms with van der Waals surface area (Å²) < 4.78 is 1.13. The van der Waals surface area contributed by atoms with Crippen LogP contribution in [0.4, 0.5) is 0 Å². The highest BCUT2D eigenvalue weighted by molar-refractivity contribution is 9.10. The van der Waals surface area contributed by atoms with Crippen LogP contribution in [0, 0.1) is 34.6 Å². The second-order valence-corrected chi connectivity index (χ2v) is 14.3. The van der Waals surface area contributed by atoms with Crippen LogP contribution in [0.15, 0.2) is 162 Å². The average molecular weight is 698 g/mol. The Morgan fingerprint density at radius 2 is 0.918 bits per heavy atom. The first-order valence-electron chi connectivity index (χ1n) is 17.0. The first kappa shape index (κ1) is 32.6. The molecule has 1 heteroatoms. The van der Waals surface area contributed by atoms with Crippen molar-refractivity contribution in [3.05, 3.63) is 212 Å². The molecule has 0 aliphatic heterocycles. The van der Waals surface area contributed by atoms with Crippen LogP contribution in [0.3, 0.4) is 0 Å². The van der Waals surface area contributed by atoms with E-state index in [4.69, 9.17) is 0 Å². The van der Waals surface area contributed by atoms with Gasteiger partial charge in [-0.2, -0.15) is 0 Å². The van der Waals surface area contributed by atoms with E-state index in [-0.39, 0.29) is 0 Å². The van der Waals surface area contributed by atoms with Crippen LogP contribution in [0.25, 0.3) is 33.4 Å². The van der Waals surface area contributed by atoms with Gasteiger partial charge in [0.1, 0.15) is 0 Å². The fourth-order valence-electron chi connectivity index (χ4n) is 7.41. The van der Waals surface area contributed by atoms with Crippen molar-refractivity contribution in [2.24, 2.45) is 0 Å². The molecule has 0 aromatic heterocycles. The summed E-state index contributed by atoms with van der Waals surface area (Å²) in [6, 6.07) is 57.9. The molecule has 240 valence electrons. The highest BCUT2D eigenvalue weighted by Gasteiger charge is 2.46. The molecular weight excluding hydrogens is 656 g/mol. The van der Waals surface area contributed by atoms with Crippen LogP contribution >= 0.6 is 15.9 Å². The van der Waals surface area contributed by atoms with Crippen molar-refractivity contribution in [1.29, 1.82) is 0 Å². The maximum atomic E-state index is 3.98. The van der Waals surface area contributed by atoms with E-state index < -0.39 is 5.41 Å². The molecule has 7 aromatic carbocycles. The molecule has 0 saturated heterocycles. The van der Waals surface area contributed by atoms with Crippen molar-refractivity contribution < 1.29 is 0 Å². The van der Waals surface area contributed by atoms with Crippen LogP contribution in [-0.4, -0.2) is 0 Å². The van der Waals surface area contributed by atoms with E-state index in [1.54, 1.807) is 0 Å². The standard InChI is InChI=1S/C41H33Br.C7H8/c1-26-12-19-32(20-13-26)41(33-21-14-27(2)15-22-33)37-23-18-31(25-36(37)40-38(41)10-7-11-39(40)42)30-17-16-29(4)35(24-30)34-9-6-5-8-28(34)3;1-7-5-3-2-4-6-7/h5-25H,1-4H3;2-6H,1H3. The molecule has 0 bridgehead atoms. The molecule has 1 aliphatic rings. The molecule has 0 amide bonds. The maximum Gasteiger partial charge on any atom is 0.0713 e. The Hall–Kier alpha value is -4.98. The number of benzene rings is 7. The molecule has 8 rings (SSSR count). The van der Waals surface area contributed by atoms with Gasteiger partial charge < -0.3 is 0 Å². The van der Waals surface area contributed by atoms with E-state index >= 15 is 0 Å². The second kappa shape index (κ2) is 13.5. The molecule has 0 saturated carbocycles. The summed E-state index contributed by atoms with van der Waals surface area (Å²) in [6.07, 6.45) is 0. The van der Waals surface area contributed by atoms with E-state index in [1.807, 2.05) is 18.2 Å². The van der Waals surface area contributed by atoms with Gasteiger partial charge in [0.05, 0.1) is 5.41 Å². The number of aryl methyl sites for hydroxylation is 5. The fraction of sp³-hybridized carbons (Fsp3) is 0.125. The van der Waals surface area contributed by atoms with Gasteiger partial charge >= 0.3 is 0 Å². The Kier molecular flexibility index (Phi) is 8.97. The molecule has 7 aromatic rings. The largest absolute Gasteiger partial charge is 0.0713 e. The second-order valence-electron chi connectivity index (χ2n) is 13.4. The smallest absolute Gasteiger partial charge is 0.0622 e. The Labute approximate surface area is 300 Å². The summed E-state index contributed by atoms with van der Waals surface area (Å²) in [5.41, 5.74) is 18.9. The molecular formula is C48H41Br. The number of fused-ring (bicyclic) bond motifs is 3. The van der Waals surface area contributed by atoms with Crippen LogP contribution in [0.2, 0.25) is 0 Å². The summed E-state index contributed by atoms with van der Waals surface area (Å²) in [5.74, 6) is 0. The van der Waals surface area contributed by atoms with Crippen molar-refractivity contribution in [3.63, 3.8) is 0 Å². The van der Waals surface area contributed by atoms with Gasteiger partial charge in [0.15, 0.2) is 0 Å². The Bertz CT molecular complexity index is 2210. The van der Waals surface area contributed by atoms with Crippen LogP contribution in [-0.2, 0) is 5.41 Å². The van der Waals surface area contributed by atoms with Crippen molar-refractivity contribution in [1.82, 2.24) is 0 Å². The van der Waals surface area contributed by atoms with Gasteiger partial charge in [-0.15, -0.1) is 0 Å². The highest BCUT2D eigenvalue weighted by Crippen LogP contribution is 2.58. The first-order chi connectivity index (χ1) is 23.8. The minimum Gasteiger partial charge on any atom is -0.0622 e. The Morgan fingerprint density at radius 1 is 0.388 bits per heavy atom. The Balaban J connectivity index is 0.000000483. The maximum absolute atomic E-state index is 3.98. The van der Waals surface area contributed by atoms with Gasteiger partial charge in [0.25, 0.3) is 0 Å². The van der Waals surface area contributed by atoms with Crippen molar-refractivity contribution in [3.8, 4) is 33.4 Å². The molecule has 0 unspecified atom stereocenters. The summed E-state index contributed by atoms with van der Waals surface area (Å²) in [6.45, 7) is 10.8. The number of hydrogen-bond acceptors (Lipinski definition) is 0. The van der Waals surface area contributed by atoms with Gasteiger partial charge in [-0.25, -0.2) is 0 Å². The van der Waals surface area contributed by atoms with E-state index in [1.165, 1.54) is 83.5 Å². The van der Waals surface area contributed by atoms with Gasteiger partial charge in [-0.1, -0.05) is 172 Å². The predicted molar refractivity (Wildman–Crippen MR) is 212 cm³/mol. The average Bonchev–Trinajstić information content (AvgIpc) is 3.41. The SMILES string of the molecule is Cc1ccc(C2(c3ccc(C)cc3)c3ccc(-c4ccc(C)c(-c5ccccc5C)c4)cc3-c3c(Br)cccc32)cc1.Cc1ccccc1. The number of hydrogen-bond donors (Lipinski definition) is 0. The lowest BCUT2D eigenvalue weighted by Gasteiger charge is -2.34. The topological polar surface area (TPSA) is 0 Å². The predicted octanol–water partition coefficient (Wildman–Crippen LogP) is 13.4. The van der Waals surface area contributed by atoms with Crippen LogP contribution in [0.5, 0.6) is 0 Å². The lowest BCUT2D eigenvalue weighted by Crippen LogP contribution is -2.28. The number of rotatable bonds is 4. The van der Waals surface area contributed by atoms with Crippen LogP contribution < -0.4 is 0 Å². The highest BCUT2D eigenvalue weighted by atomic mass is 79.9. The van der Waals surface area contributed by atoms with E-state index in [9.17, 15) is 0 Å². The minimum atomic E-state index is -0.409. The normalized spacial score (nSPS) is 12.4. The third-order valence-electron chi connectivity index (χ3n) is 10.0.